The molecule has 1 aliphatic heterocycles. The number of ether oxygens (including phenoxy) is 2. The molecule has 35 heavy (non-hydrogen) atoms. The third kappa shape index (κ3) is 4.49. The molecule has 1 aliphatic rings. The van der Waals surface area contributed by atoms with E-state index in [9.17, 15) is 29.3 Å². The molecule has 0 spiro atoms. The van der Waals surface area contributed by atoms with Crippen molar-refractivity contribution in [3.8, 4) is 5.75 Å². The van der Waals surface area contributed by atoms with E-state index in [4.69, 9.17) is 9.47 Å². The predicted octanol–water partition coefficient (Wildman–Crippen LogP) is 3.52. The van der Waals surface area contributed by atoms with E-state index in [-0.39, 0.29) is 22.6 Å². The summed E-state index contributed by atoms with van der Waals surface area (Å²) in [7, 11) is 1.32. The van der Waals surface area contributed by atoms with Gasteiger partial charge < -0.3 is 14.8 Å². The SMILES string of the molecule is COc1ccc(NC(=O)C(=O)[C@H](C(=O)c2ccccc2)[C@@H]2OC(=O)c3ccccc32)c([N+](=O)[O-])c1. The first-order valence-corrected chi connectivity index (χ1v) is 10.4. The summed E-state index contributed by atoms with van der Waals surface area (Å²) in [6.45, 7) is 0. The van der Waals surface area contributed by atoms with Gasteiger partial charge in [0.2, 0.25) is 5.78 Å². The Balaban J connectivity index is 1.71. The lowest BCUT2D eigenvalue weighted by Gasteiger charge is -2.21. The number of fused-ring (bicyclic) bond motifs is 1. The molecule has 0 saturated heterocycles. The lowest BCUT2D eigenvalue weighted by molar-refractivity contribution is -0.384. The quantitative estimate of drug-likeness (QED) is 0.130. The maximum absolute atomic E-state index is 13.4. The van der Waals surface area contributed by atoms with Crippen molar-refractivity contribution in [3.05, 3.63) is 99.6 Å². The van der Waals surface area contributed by atoms with Crippen molar-refractivity contribution >= 4 is 34.8 Å². The summed E-state index contributed by atoms with van der Waals surface area (Å²) in [6, 6.07) is 17.7. The van der Waals surface area contributed by atoms with E-state index in [0.29, 0.717) is 5.56 Å². The van der Waals surface area contributed by atoms with E-state index < -0.39 is 46.1 Å². The van der Waals surface area contributed by atoms with Gasteiger partial charge in [0.1, 0.15) is 23.5 Å². The minimum Gasteiger partial charge on any atom is -0.496 e. The number of amides is 1. The molecule has 3 aromatic rings. The summed E-state index contributed by atoms with van der Waals surface area (Å²) >= 11 is 0. The van der Waals surface area contributed by atoms with Crippen LogP contribution in [0.15, 0.2) is 72.8 Å². The molecule has 0 saturated carbocycles. The van der Waals surface area contributed by atoms with Crippen molar-refractivity contribution in [2.24, 2.45) is 5.92 Å². The van der Waals surface area contributed by atoms with Crippen LogP contribution in [0.5, 0.6) is 5.75 Å². The fraction of sp³-hybridized carbons (Fsp3) is 0.120. The van der Waals surface area contributed by atoms with Crippen LogP contribution >= 0.6 is 0 Å². The highest BCUT2D eigenvalue weighted by atomic mass is 16.6. The van der Waals surface area contributed by atoms with Gasteiger partial charge in [-0.3, -0.25) is 24.5 Å². The number of nitrogens with zero attached hydrogens (tertiary/aromatic N) is 1. The van der Waals surface area contributed by atoms with Gasteiger partial charge >= 0.3 is 5.97 Å². The second-order valence-electron chi connectivity index (χ2n) is 7.58. The molecule has 0 aromatic heterocycles. The Morgan fingerprint density at radius 3 is 2.40 bits per heavy atom. The number of nitrogens with one attached hydrogen (secondary N) is 1. The first-order valence-electron chi connectivity index (χ1n) is 10.4. The topological polar surface area (TPSA) is 142 Å². The first kappa shape index (κ1) is 23.3. The standard InChI is InChI=1S/C25H18N2O8/c1-34-15-11-12-18(19(13-15)27(32)33)26-24(30)22(29)20(21(28)14-7-3-2-4-8-14)23-16-9-5-6-10-17(16)25(31)35-23/h2-13,20,23H,1H3,(H,26,30)/t20-,23+/m0/s1. The van der Waals surface area contributed by atoms with Gasteiger partial charge in [-0.05, 0) is 18.2 Å². The Labute approximate surface area is 198 Å². The highest BCUT2D eigenvalue weighted by Crippen LogP contribution is 2.38. The number of cyclic esters (lactones) is 1. The largest absolute Gasteiger partial charge is 0.496 e. The lowest BCUT2D eigenvalue weighted by atomic mass is 9.84. The van der Waals surface area contributed by atoms with Crippen LogP contribution in [-0.2, 0) is 14.3 Å². The molecule has 4 rings (SSSR count). The lowest BCUT2D eigenvalue weighted by Crippen LogP contribution is -2.38. The fourth-order valence-electron chi connectivity index (χ4n) is 3.82. The molecular weight excluding hydrogens is 456 g/mol. The number of methoxy groups -OCH3 is 1. The highest BCUT2D eigenvalue weighted by molar-refractivity contribution is 6.45. The summed E-state index contributed by atoms with van der Waals surface area (Å²) in [4.78, 5) is 62.8. The van der Waals surface area contributed by atoms with Gasteiger partial charge in [-0.15, -0.1) is 0 Å². The monoisotopic (exact) mass is 474 g/mol. The molecular formula is C25H18N2O8. The van der Waals surface area contributed by atoms with Gasteiger partial charge in [-0.2, -0.15) is 0 Å². The Kier molecular flexibility index (Phi) is 6.36. The molecule has 1 N–H and O–H groups in total. The number of ketones is 2. The third-order valence-electron chi connectivity index (χ3n) is 5.52. The number of carbonyl (C=O) groups is 4. The molecule has 0 unspecified atom stereocenters. The van der Waals surface area contributed by atoms with E-state index in [1.54, 1.807) is 30.3 Å². The summed E-state index contributed by atoms with van der Waals surface area (Å²) in [6.07, 6.45) is -1.34. The molecule has 3 aromatic carbocycles. The number of Topliss-reactive ketones (excluding diaryl/α,β-unsaturated/α-hetero) is 2. The summed E-state index contributed by atoms with van der Waals surface area (Å²) in [5.41, 5.74) is -0.154. The Morgan fingerprint density at radius 1 is 1.03 bits per heavy atom. The van der Waals surface area contributed by atoms with Crippen LogP contribution in [0.25, 0.3) is 0 Å². The van der Waals surface area contributed by atoms with Crippen LogP contribution in [-0.4, -0.2) is 35.5 Å². The van der Waals surface area contributed by atoms with Gasteiger partial charge in [0.05, 0.1) is 23.7 Å². The number of anilines is 1. The molecule has 10 heteroatoms. The number of nitro groups is 1. The number of carbonyl (C=O) groups excluding carboxylic acids is 4. The second kappa shape index (κ2) is 9.56. The van der Waals surface area contributed by atoms with Gasteiger partial charge in [0.15, 0.2) is 5.78 Å². The highest BCUT2D eigenvalue weighted by Gasteiger charge is 2.46. The summed E-state index contributed by atoms with van der Waals surface area (Å²) in [5, 5.41) is 13.7. The van der Waals surface area contributed by atoms with E-state index in [1.165, 1.54) is 43.5 Å². The van der Waals surface area contributed by atoms with Crippen LogP contribution in [0.4, 0.5) is 11.4 Å². The van der Waals surface area contributed by atoms with Crippen molar-refractivity contribution in [2.45, 2.75) is 6.10 Å². The zero-order valence-corrected chi connectivity index (χ0v) is 18.3. The van der Waals surface area contributed by atoms with Crippen LogP contribution in [0.1, 0.15) is 32.4 Å². The summed E-state index contributed by atoms with van der Waals surface area (Å²) < 4.78 is 10.3. The number of nitro benzene ring substituents is 1. The molecule has 176 valence electrons. The second-order valence-corrected chi connectivity index (χ2v) is 7.58. The third-order valence-corrected chi connectivity index (χ3v) is 5.52. The van der Waals surface area contributed by atoms with Crippen molar-refractivity contribution < 1.29 is 33.6 Å². The van der Waals surface area contributed by atoms with Crippen molar-refractivity contribution in [1.29, 1.82) is 0 Å². The molecule has 0 aliphatic carbocycles. The van der Waals surface area contributed by atoms with Crippen LogP contribution < -0.4 is 10.1 Å². The average molecular weight is 474 g/mol. The normalized spacial score (nSPS) is 14.9. The molecule has 0 bridgehead atoms. The van der Waals surface area contributed by atoms with E-state index in [0.717, 1.165) is 6.07 Å². The smallest absolute Gasteiger partial charge is 0.339 e. The first-order chi connectivity index (χ1) is 16.8. The number of hydrogen-bond donors (Lipinski definition) is 1. The fourth-order valence-corrected chi connectivity index (χ4v) is 3.82. The average Bonchev–Trinajstić information content (AvgIpc) is 3.20. The Morgan fingerprint density at radius 2 is 1.71 bits per heavy atom. The minimum atomic E-state index is -1.71. The Bertz CT molecular complexity index is 1350. The number of esters is 1. The molecule has 10 nitrogen and oxygen atoms in total. The Hall–Kier alpha value is -4.86. The van der Waals surface area contributed by atoms with Crippen molar-refractivity contribution in [1.82, 2.24) is 0 Å². The van der Waals surface area contributed by atoms with Gasteiger partial charge in [0, 0.05) is 11.1 Å². The van der Waals surface area contributed by atoms with E-state index in [2.05, 4.69) is 5.32 Å². The number of hydrogen-bond acceptors (Lipinski definition) is 8. The van der Waals surface area contributed by atoms with Crippen LogP contribution in [0.3, 0.4) is 0 Å². The van der Waals surface area contributed by atoms with Gasteiger partial charge in [-0.1, -0.05) is 48.5 Å². The summed E-state index contributed by atoms with van der Waals surface area (Å²) in [5.74, 6) is -5.47. The van der Waals surface area contributed by atoms with Crippen LogP contribution in [0, 0.1) is 16.0 Å². The minimum absolute atomic E-state index is 0.134. The zero-order valence-electron chi connectivity index (χ0n) is 18.3. The van der Waals surface area contributed by atoms with Crippen molar-refractivity contribution in [2.75, 3.05) is 12.4 Å². The number of rotatable bonds is 8. The zero-order chi connectivity index (χ0) is 25.1. The maximum atomic E-state index is 13.4. The molecule has 1 amide bonds. The number of benzene rings is 3. The molecule has 0 radical (unpaired) electrons. The molecule has 2 atom stereocenters. The van der Waals surface area contributed by atoms with Gasteiger partial charge in [-0.25, -0.2) is 4.79 Å². The van der Waals surface area contributed by atoms with E-state index >= 15 is 0 Å². The molecule has 1 heterocycles. The maximum Gasteiger partial charge on any atom is 0.339 e. The van der Waals surface area contributed by atoms with Crippen molar-refractivity contribution in [3.63, 3.8) is 0 Å². The van der Waals surface area contributed by atoms with Gasteiger partial charge in [0.25, 0.3) is 11.6 Å². The molecule has 0 fully saturated rings. The predicted molar refractivity (Wildman–Crippen MR) is 122 cm³/mol. The van der Waals surface area contributed by atoms with E-state index in [1.807, 2.05) is 0 Å². The van der Waals surface area contributed by atoms with Crippen LogP contribution in [0.2, 0.25) is 0 Å².